The second-order valence-corrected chi connectivity index (χ2v) is 8.65. The van der Waals surface area contributed by atoms with Crippen molar-refractivity contribution in [3.05, 3.63) is 58.5 Å². The van der Waals surface area contributed by atoms with E-state index in [4.69, 9.17) is 14.5 Å². The van der Waals surface area contributed by atoms with Crippen molar-refractivity contribution in [1.29, 1.82) is 0 Å². The third kappa shape index (κ3) is 3.55. The number of aromatic amines is 1. The molecule has 5 rings (SSSR count). The summed E-state index contributed by atoms with van der Waals surface area (Å²) in [6, 6.07) is 13.2. The number of rotatable bonds is 5. The second-order valence-electron chi connectivity index (χ2n) is 7.54. The van der Waals surface area contributed by atoms with Crippen molar-refractivity contribution in [2.75, 3.05) is 19.5 Å². The molecule has 0 unspecified atom stereocenters. The normalized spacial score (nSPS) is 13.1. The number of carbonyl (C=O) groups is 1. The Labute approximate surface area is 184 Å². The molecule has 1 aliphatic carbocycles. The van der Waals surface area contributed by atoms with Crippen LogP contribution < -0.4 is 14.8 Å². The molecule has 0 atom stereocenters. The highest BCUT2D eigenvalue weighted by Crippen LogP contribution is 2.44. The summed E-state index contributed by atoms with van der Waals surface area (Å²) in [4.78, 5) is 22.7. The predicted octanol–water partition coefficient (Wildman–Crippen LogP) is 5.44. The van der Waals surface area contributed by atoms with Gasteiger partial charge in [0.1, 0.15) is 10.8 Å². The number of nitrogens with zero attached hydrogens (tertiary/aromatic N) is 1. The van der Waals surface area contributed by atoms with Crippen molar-refractivity contribution >= 4 is 33.3 Å². The number of carbonyl (C=O) groups excluding carboxylic acids is 1. The number of aryl methyl sites for hydroxylation is 1. The van der Waals surface area contributed by atoms with E-state index >= 15 is 0 Å². The SMILES string of the molecule is COc1ccc(C(=O)Nc2sc3c(c2-c2nc4ccccc4[nH]2)CCCC3)cc1OC. The first-order valence-corrected chi connectivity index (χ1v) is 11.1. The molecule has 2 aromatic heterocycles. The van der Waals surface area contributed by atoms with E-state index in [-0.39, 0.29) is 5.91 Å². The Morgan fingerprint density at radius 3 is 2.68 bits per heavy atom. The third-order valence-electron chi connectivity index (χ3n) is 5.67. The molecule has 2 aromatic carbocycles. The van der Waals surface area contributed by atoms with Crippen LogP contribution in [0.5, 0.6) is 11.5 Å². The van der Waals surface area contributed by atoms with Crippen LogP contribution in [0.2, 0.25) is 0 Å². The van der Waals surface area contributed by atoms with Crippen LogP contribution >= 0.6 is 11.3 Å². The molecule has 0 fully saturated rings. The van der Waals surface area contributed by atoms with Gasteiger partial charge in [0.15, 0.2) is 11.5 Å². The molecule has 0 saturated carbocycles. The summed E-state index contributed by atoms with van der Waals surface area (Å²) in [5.41, 5.74) is 4.75. The summed E-state index contributed by atoms with van der Waals surface area (Å²) in [6.07, 6.45) is 4.38. The third-order valence-corrected chi connectivity index (χ3v) is 6.88. The van der Waals surface area contributed by atoms with Crippen molar-refractivity contribution < 1.29 is 14.3 Å². The Hall–Kier alpha value is -3.32. The number of hydrogen-bond donors (Lipinski definition) is 2. The second kappa shape index (κ2) is 8.07. The molecule has 2 N–H and O–H groups in total. The minimum absolute atomic E-state index is 0.183. The Bertz CT molecular complexity index is 1240. The van der Waals surface area contributed by atoms with Crippen LogP contribution in [0.3, 0.4) is 0 Å². The van der Waals surface area contributed by atoms with Crippen molar-refractivity contribution in [1.82, 2.24) is 9.97 Å². The molecule has 158 valence electrons. The Balaban J connectivity index is 1.55. The number of hydrogen-bond acceptors (Lipinski definition) is 5. The Morgan fingerprint density at radius 2 is 1.87 bits per heavy atom. The summed E-state index contributed by atoms with van der Waals surface area (Å²) in [5.74, 6) is 1.74. The fraction of sp³-hybridized carbons (Fsp3) is 0.250. The van der Waals surface area contributed by atoms with E-state index < -0.39 is 0 Å². The lowest BCUT2D eigenvalue weighted by Crippen LogP contribution is -2.12. The van der Waals surface area contributed by atoms with Crippen molar-refractivity contribution in [3.63, 3.8) is 0 Å². The summed E-state index contributed by atoms with van der Waals surface area (Å²) in [7, 11) is 3.14. The molecule has 0 spiro atoms. The summed E-state index contributed by atoms with van der Waals surface area (Å²) >= 11 is 1.66. The number of anilines is 1. The van der Waals surface area contributed by atoms with E-state index in [1.165, 1.54) is 16.9 Å². The standard InChI is InChI=1S/C24H23N3O3S/c1-29-18-12-11-14(13-19(18)30-2)23(28)27-24-21(15-7-3-6-10-20(15)31-24)22-25-16-8-4-5-9-17(16)26-22/h4-5,8-9,11-13H,3,6-7,10H2,1-2H3,(H,25,26)(H,27,28). The van der Waals surface area contributed by atoms with Gasteiger partial charge in [-0.2, -0.15) is 0 Å². The molecule has 2 heterocycles. The van der Waals surface area contributed by atoms with Crippen LogP contribution in [0, 0.1) is 0 Å². The zero-order valence-corrected chi connectivity index (χ0v) is 18.3. The number of benzene rings is 2. The van der Waals surface area contributed by atoms with Gasteiger partial charge < -0.3 is 19.8 Å². The first-order valence-electron chi connectivity index (χ1n) is 10.3. The maximum Gasteiger partial charge on any atom is 0.256 e. The molecule has 0 aliphatic heterocycles. The topological polar surface area (TPSA) is 76.2 Å². The number of aromatic nitrogens is 2. The first-order chi connectivity index (χ1) is 15.2. The Kier molecular flexibility index (Phi) is 5.11. The van der Waals surface area contributed by atoms with Gasteiger partial charge in [0.05, 0.1) is 30.8 Å². The van der Waals surface area contributed by atoms with Crippen LogP contribution in [-0.2, 0) is 12.8 Å². The quantitative estimate of drug-likeness (QED) is 0.439. The number of thiophene rings is 1. The van der Waals surface area contributed by atoms with Crippen LogP contribution in [0.4, 0.5) is 5.00 Å². The van der Waals surface area contributed by atoms with Gasteiger partial charge in [0.25, 0.3) is 5.91 Å². The molecule has 0 radical (unpaired) electrons. The molecule has 7 heteroatoms. The highest BCUT2D eigenvalue weighted by molar-refractivity contribution is 7.17. The van der Waals surface area contributed by atoms with Gasteiger partial charge in [0.2, 0.25) is 0 Å². The number of nitrogens with one attached hydrogen (secondary N) is 2. The van der Waals surface area contributed by atoms with Crippen LogP contribution in [0.15, 0.2) is 42.5 Å². The lowest BCUT2D eigenvalue weighted by molar-refractivity contribution is 0.102. The van der Waals surface area contributed by atoms with Crippen LogP contribution in [0.25, 0.3) is 22.4 Å². The molecule has 0 bridgehead atoms. The van der Waals surface area contributed by atoms with E-state index in [1.807, 2.05) is 24.3 Å². The number of amides is 1. The van der Waals surface area contributed by atoms with Gasteiger partial charge in [0, 0.05) is 10.4 Å². The van der Waals surface area contributed by atoms with E-state index in [0.717, 1.165) is 46.7 Å². The van der Waals surface area contributed by atoms with E-state index in [9.17, 15) is 4.79 Å². The maximum absolute atomic E-state index is 13.1. The fourth-order valence-corrected chi connectivity index (χ4v) is 5.41. The molecule has 4 aromatic rings. The lowest BCUT2D eigenvalue weighted by Gasteiger charge is -2.12. The largest absolute Gasteiger partial charge is 0.493 e. The molecule has 1 aliphatic rings. The van der Waals surface area contributed by atoms with Crippen molar-refractivity contribution in [3.8, 4) is 22.9 Å². The van der Waals surface area contributed by atoms with Gasteiger partial charge >= 0.3 is 0 Å². The average Bonchev–Trinajstić information content (AvgIpc) is 3.38. The molecule has 31 heavy (non-hydrogen) atoms. The number of imidazole rings is 1. The summed E-state index contributed by atoms with van der Waals surface area (Å²) in [6.45, 7) is 0. The number of methoxy groups -OCH3 is 2. The van der Waals surface area contributed by atoms with Gasteiger partial charge in [-0.1, -0.05) is 12.1 Å². The molecule has 0 saturated heterocycles. The summed E-state index contributed by atoms with van der Waals surface area (Å²) in [5, 5.41) is 3.98. The van der Waals surface area contributed by atoms with Crippen LogP contribution in [-0.4, -0.2) is 30.1 Å². The fourth-order valence-electron chi connectivity index (χ4n) is 4.13. The Morgan fingerprint density at radius 1 is 1.06 bits per heavy atom. The number of H-pyrrole nitrogens is 1. The summed E-state index contributed by atoms with van der Waals surface area (Å²) < 4.78 is 10.6. The van der Waals surface area contributed by atoms with Gasteiger partial charge in [-0.25, -0.2) is 4.98 Å². The minimum atomic E-state index is -0.183. The number of para-hydroxylation sites is 2. The first kappa shape index (κ1) is 19.6. The van der Waals surface area contributed by atoms with Gasteiger partial charge in [-0.3, -0.25) is 4.79 Å². The zero-order chi connectivity index (χ0) is 21.4. The van der Waals surface area contributed by atoms with E-state index in [1.54, 1.807) is 43.8 Å². The maximum atomic E-state index is 13.1. The molecular weight excluding hydrogens is 410 g/mol. The van der Waals surface area contributed by atoms with Gasteiger partial charge in [-0.05, 0) is 61.6 Å². The number of fused-ring (bicyclic) bond motifs is 2. The van der Waals surface area contributed by atoms with Crippen LogP contribution in [0.1, 0.15) is 33.6 Å². The van der Waals surface area contributed by atoms with Crippen molar-refractivity contribution in [2.45, 2.75) is 25.7 Å². The highest BCUT2D eigenvalue weighted by Gasteiger charge is 2.25. The zero-order valence-electron chi connectivity index (χ0n) is 17.5. The van der Waals surface area contributed by atoms with E-state index in [2.05, 4.69) is 10.3 Å². The number of ether oxygens (including phenoxy) is 2. The van der Waals surface area contributed by atoms with E-state index in [0.29, 0.717) is 17.1 Å². The smallest absolute Gasteiger partial charge is 0.256 e. The minimum Gasteiger partial charge on any atom is -0.493 e. The molecule has 6 nitrogen and oxygen atoms in total. The average molecular weight is 434 g/mol. The predicted molar refractivity (Wildman–Crippen MR) is 124 cm³/mol. The monoisotopic (exact) mass is 433 g/mol. The molecule has 1 amide bonds. The van der Waals surface area contributed by atoms with Gasteiger partial charge in [-0.15, -0.1) is 11.3 Å². The lowest BCUT2D eigenvalue weighted by atomic mass is 9.95. The van der Waals surface area contributed by atoms with Crippen molar-refractivity contribution in [2.24, 2.45) is 0 Å². The molecular formula is C24H23N3O3S. The highest BCUT2D eigenvalue weighted by atomic mass is 32.1.